The maximum absolute atomic E-state index is 10.7. The van der Waals surface area contributed by atoms with Gasteiger partial charge in [0.05, 0.1) is 0 Å². The Morgan fingerprint density at radius 2 is 2.08 bits per heavy atom. The average Bonchev–Trinajstić information content (AvgIpc) is 2.68. The zero-order valence-electron chi connectivity index (χ0n) is 6.90. The van der Waals surface area contributed by atoms with E-state index in [0.29, 0.717) is 6.42 Å². The molecule has 0 saturated heterocycles. The highest BCUT2D eigenvalue weighted by Gasteiger charge is 2.60. The predicted molar refractivity (Wildman–Crippen MR) is 42.3 cm³/mol. The van der Waals surface area contributed by atoms with E-state index in [4.69, 9.17) is 0 Å². The molecule has 1 N–H and O–H groups in total. The maximum Gasteiger partial charge on any atom is 0.244 e. The monoisotopic (exact) mass is 171 g/mol. The molecule has 0 aromatic heterocycles. The van der Waals surface area contributed by atoms with Crippen LogP contribution >= 0.6 is 0 Å². The molecule has 0 heterocycles. The molecule has 0 aromatic carbocycles. The highest BCUT2D eigenvalue weighted by atomic mass is 16.6. The summed E-state index contributed by atoms with van der Waals surface area (Å²) in [7, 11) is 0. The Bertz CT molecular complexity index is 212. The van der Waals surface area contributed by atoms with E-state index in [0.717, 1.165) is 25.7 Å². The van der Waals surface area contributed by atoms with E-state index < -0.39 is 12.1 Å². The first kappa shape index (κ1) is 7.98. The smallest absolute Gasteiger partial charge is 0.244 e. The normalized spacial score (nSPS) is 38.1. The molecule has 4 nitrogen and oxygen atoms in total. The van der Waals surface area contributed by atoms with Crippen molar-refractivity contribution in [3.05, 3.63) is 10.1 Å². The SMILES string of the molecule is O=[N+]([O-])[C@@H]1[C@H](O)CCCC12CC2. The lowest BCUT2D eigenvalue weighted by molar-refractivity contribution is -0.551. The molecular formula is C8H13NO3. The van der Waals surface area contributed by atoms with E-state index in [1.165, 1.54) is 0 Å². The maximum atomic E-state index is 10.7. The van der Waals surface area contributed by atoms with E-state index in [-0.39, 0.29) is 10.3 Å². The molecule has 2 aliphatic rings. The van der Waals surface area contributed by atoms with Crippen molar-refractivity contribution < 1.29 is 10.0 Å². The second kappa shape index (κ2) is 2.42. The van der Waals surface area contributed by atoms with Crippen LogP contribution < -0.4 is 0 Å². The van der Waals surface area contributed by atoms with Crippen LogP contribution in [0.5, 0.6) is 0 Å². The third kappa shape index (κ3) is 1.02. The van der Waals surface area contributed by atoms with Gasteiger partial charge in [0.15, 0.2) is 0 Å². The molecule has 4 heteroatoms. The molecular weight excluding hydrogens is 158 g/mol. The topological polar surface area (TPSA) is 63.4 Å². The highest BCUT2D eigenvalue weighted by Crippen LogP contribution is 2.57. The average molecular weight is 171 g/mol. The van der Waals surface area contributed by atoms with Gasteiger partial charge in [-0.2, -0.15) is 0 Å². The van der Waals surface area contributed by atoms with Gasteiger partial charge in [-0.15, -0.1) is 0 Å². The van der Waals surface area contributed by atoms with E-state index in [1.54, 1.807) is 0 Å². The van der Waals surface area contributed by atoms with Gasteiger partial charge < -0.3 is 5.11 Å². The molecule has 0 amide bonds. The van der Waals surface area contributed by atoms with E-state index in [2.05, 4.69) is 0 Å². The summed E-state index contributed by atoms with van der Waals surface area (Å²) in [4.78, 5) is 10.4. The summed E-state index contributed by atoms with van der Waals surface area (Å²) in [5.74, 6) is 0. The van der Waals surface area contributed by atoms with Crippen LogP contribution in [0, 0.1) is 15.5 Å². The largest absolute Gasteiger partial charge is 0.386 e. The van der Waals surface area contributed by atoms with Crippen molar-refractivity contribution in [2.24, 2.45) is 5.41 Å². The molecule has 2 rings (SSSR count). The fourth-order valence-electron chi connectivity index (χ4n) is 2.45. The van der Waals surface area contributed by atoms with Crippen molar-refractivity contribution in [3.63, 3.8) is 0 Å². The Morgan fingerprint density at radius 3 is 2.50 bits per heavy atom. The van der Waals surface area contributed by atoms with Crippen LogP contribution in [0.2, 0.25) is 0 Å². The van der Waals surface area contributed by atoms with E-state index >= 15 is 0 Å². The van der Waals surface area contributed by atoms with Crippen LogP contribution in [0.4, 0.5) is 0 Å². The van der Waals surface area contributed by atoms with Crippen LogP contribution in [-0.2, 0) is 0 Å². The standard InChI is InChI=1S/C8H13NO3/c10-6-2-1-3-8(4-5-8)7(6)9(11)12/h6-7,10H,1-5H2/t6-,7-/m1/s1. The molecule has 2 saturated carbocycles. The van der Waals surface area contributed by atoms with Gasteiger partial charge in [-0.05, 0) is 32.1 Å². The number of hydrogen-bond donors (Lipinski definition) is 1. The fourth-order valence-corrected chi connectivity index (χ4v) is 2.45. The minimum Gasteiger partial charge on any atom is -0.386 e. The minimum atomic E-state index is -0.698. The second-order valence-electron chi connectivity index (χ2n) is 4.05. The first-order valence-electron chi connectivity index (χ1n) is 4.47. The van der Waals surface area contributed by atoms with Crippen LogP contribution in [0.25, 0.3) is 0 Å². The molecule has 2 atom stereocenters. The number of aliphatic hydroxyl groups excluding tert-OH is 1. The lowest BCUT2D eigenvalue weighted by Gasteiger charge is -2.28. The molecule has 0 unspecified atom stereocenters. The Balaban J connectivity index is 2.17. The lowest BCUT2D eigenvalue weighted by atomic mass is 9.80. The Morgan fingerprint density at radius 1 is 1.42 bits per heavy atom. The van der Waals surface area contributed by atoms with Crippen molar-refractivity contribution in [3.8, 4) is 0 Å². The van der Waals surface area contributed by atoms with Crippen LogP contribution in [-0.4, -0.2) is 22.2 Å². The molecule has 0 bridgehead atoms. The molecule has 68 valence electrons. The van der Waals surface area contributed by atoms with E-state index in [9.17, 15) is 15.2 Å². The molecule has 0 radical (unpaired) electrons. The molecule has 12 heavy (non-hydrogen) atoms. The predicted octanol–water partition coefficient (Wildman–Crippen LogP) is 0.957. The summed E-state index contributed by atoms with van der Waals surface area (Å²) in [5, 5.41) is 20.1. The van der Waals surface area contributed by atoms with Crippen molar-refractivity contribution in [2.45, 2.75) is 44.2 Å². The Hall–Kier alpha value is -0.640. The van der Waals surface area contributed by atoms with Crippen molar-refractivity contribution in [2.75, 3.05) is 0 Å². The van der Waals surface area contributed by atoms with Gasteiger partial charge in [0.2, 0.25) is 6.04 Å². The molecule has 2 aliphatic carbocycles. The van der Waals surface area contributed by atoms with Crippen LogP contribution in [0.15, 0.2) is 0 Å². The molecule has 2 fully saturated rings. The quantitative estimate of drug-likeness (QED) is 0.472. The summed E-state index contributed by atoms with van der Waals surface area (Å²) in [6.45, 7) is 0. The zero-order chi connectivity index (χ0) is 8.77. The van der Waals surface area contributed by atoms with Crippen molar-refractivity contribution >= 4 is 0 Å². The number of nitrogens with zero attached hydrogens (tertiary/aromatic N) is 1. The van der Waals surface area contributed by atoms with Crippen molar-refractivity contribution in [1.82, 2.24) is 0 Å². The van der Waals surface area contributed by atoms with Gasteiger partial charge in [0, 0.05) is 10.3 Å². The Labute approximate surface area is 70.7 Å². The lowest BCUT2D eigenvalue weighted by Crippen LogP contribution is -2.44. The van der Waals surface area contributed by atoms with Gasteiger partial charge in [-0.25, -0.2) is 0 Å². The summed E-state index contributed by atoms with van der Waals surface area (Å²) < 4.78 is 0. The van der Waals surface area contributed by atoms with Crippen LogP contribution in [0.1, 0.15) is 32.1 Å². The highest BCUT2D eigenvalue weighted by molar-refractivity contribution is 5.03. The third-order valence-corrected chi connectivity index (χ3v) is 3.29. The second-order valence-corrected chi connectivity index (χ2v) is 4.05. The number of nitro groups is 1. The molecule has 1 spiro atoms. The number of rotatable bonds is 1. The zero-order valence-corrected chi connectivity index (χ0v) is 6.90. The minimum absolute atomic E-state index is 0.110. The first-order valence-corrected chi connectivity index (χ1v) is 4.47. The van der Waals surface area contributed by atoms with E-state index in [1.807, 2.05) is 0 Å². The molecule has 0 aliphatic heterocycles. The van der Waals surface area contributed by atoms with Crippen molar-refractivity contribution in [1.29, 1.82) is 0 Å². The van der Waals surface area contributed by atoms with Gasteiger partial charge in [-0.3, -0.25) is 10.1 Å². The van der Waals surface area contributed by atoms with Gasteiger partial charge in [0.1, 0.15) is 6.10 Å². The first-order chi connectivity index (χ1) is 5.66. The van der Waals surface area contributed by atoms with Gasteiger partial charge >= 0.3 is 0 Å². The summed E-state index contributed by atoms with van der Waals surface area (Å²) in [5.41, 5.74) is -0.110. The number of aliphatic hydroxyl groups is 1. The summed E-state index contributed by atoms with van der Waals surface area (Å²) >= 11 is 0. The number of hydrogen-bond acceptors (Lipinski definition) is 3. The summed E-state index contributed by atoms with van der Waals surface area (Å²) in [6, 6.07) is -0.675. The molecule has 0 aromatic rings. The summed E-state index contributed by atoms with van der Waals surface area (Å²) in [6.07, 6.45) is 3.68. The fraction of sp³-hybridized carbons (Fsp3) is 1.00. The Kier molecular flexibility index (Phi) is 1.61. The van der Waals surface area contributed by atoms with Gasteiger partial charge in [-0.1, -0.05) is 0 Å². The van der Waals surface area contributed by atoms with Crippen LogP contribution in [0.3, 0.4) is 0 Å². The third-order valence-electron chi connectivity index (χ3n) is 3.29. The van der Waals surface area contributed by atoms with Gasteiger partial charge in [0.25, 0.3) is 0 Å².